The van der Waals surface area contributed by atoms with Crippen molar-refractivity contribution < 1.29 is 9.53 Å². The lowest BCUT2D eigenvalue weighted by molar-refractivity contribution is -0.132. The second-order valence-electron chi connectivity index (χ2n) is 7.28. The summed E-state index contributed by atoms with van der Waals surface area (Å²) in [5.74, 6) is 1.27. The highest BCUT2D eigenvalue weighted by atomic mass is 16.5. The van der Waals surface area contributed by atoms with Crippen molar-refractivity contribution in [3.8, 4) is 0 Å². The Bertz CT molecular complexity index is 578. The van der Waals surface area contributed by atoms with Crippen molar-refractivity contribution in [1.82, 2.24) is 20.2 Å². The molecule has 7 heteroatoms. The first-order valence-corrected chi connectivity index (χ1v) is 9.47. The fraction of sp³-hybridized carbons (Fsp3) is 0.722. The third-order valence-corrected chi connectivity index (χ3v) is 5.61. The van der Waals surface area contributed by atoms with Crippen molar-refractivity contribution >= 4 is 11.9 Å². The fourth-order valence-electron chi connectivity index (χ4n) is 4.19. The first-order chi connectivity index (χ1) is 12.3. The van der Waals surface area contributed by atoms with Crippen LogP contribution in [0.25, 0.3) is 0 Å². The van der Waals surface area contributed by atoms with Gasteiger partial charge in [-0.25, -0.2) is 9.97 Å². The third-order valence-electron chi connectivity index (χ3n) is 5.61. The number of hydrogen-bond acceptors (Lipinski definition) is 6. The predicted molar refractivity (Wildman–Crippen MR) is 94.3 cm³/mol. The van der Waals surface area contributed by atoms with Gasteiger partial charge in [-0.3, -0.25) is 4.79 Å². The Morgan fingerprint density at radius 1 is 1.24 bits per heavy atom. The second-order valence-corrected chi connectivity index (χ2v) is 7.28. The minimum Gasteiger partial charge on any atom is -0.363 e. The van der Waals surface area contributed by atoms with Gasteiger partial charge in [0.2, 0.25) is 11.9 Å². The van der Waals surface area contributed by atoms with Crippen molar-refractivity contribution in [3.05, 3.63) is 18.5 Å². The summed E-state index contributed by atoms with van der Waals surface area (Å²) in [6.07, 6.45) is 7.76. The van der Waals surface area contributed by atoms with Crippen LogP contribution in [0.5, 0.6) is 0 Å². The number of rotatable bonds is 5. The highest BCUT2D eigenvalue weighted by Gasteiger charge is 2.42. The largest absolute Gasteiger partial charge is 0.363 e. The van der Waals surface area contributed by atoms with E-state index in [9.17, 15) is 4.79 Å². The SMILES string of the molecule is O=C(NCCN1CCCC1)[C@@H]1C[C@H]2CCN(c3ncccn3)C[C@@H]2O1. The van der Waals surface area contributed by atoms with E-state index in [4.69, 9.17) is 4.74 Å². The molecule has 1 N–H and O–H groups in total. The number of ether oxygens (including phenoxy) is 1. The summed E-state index contributed by atoms with van der Waals surface area (Å²) in [6, 6.07) is 1.82. The zero-order valence-corrected chi connectivity index (χ0v) is 14.6. The number of carbonyl (C=O) groups excluding carboxylic acids is 1. The van der Waals surface area contributed by atoms with Crippen LogP contribution < -0.4 is 10.2 Å². The minimum absolute atomic E-state index is 0.0520. The van der Waals surface area contributed by atoms with E-state index in [0.29, 0.717) is 5.92 Å². The molecule has 1 aromatic heterocycles. The van der Waals surface area contributed by atoms with Gasteiger partial charge >= 0.3 is 0 Å². The van der Waals surface area contributed by atoms with Gasteiger partial charge in [0.05, 0.1) is 6.10 Å². The number of carbonyl (C=O) groups is 1. The molecule has 1 amide bonds. The molecule has 0 aromatic carbocycles. The first-order valence-electron chi connectivity index (χ1n) is 9.47. The second kappa shape index (κ2) is 7.66. The molecule has 0 unspecified atom stereocenters. The lowest BCUT2D eigenvalue weighted by Crippen LogP contribution is -2.43. The van der Waals surface area contributed by atoms with E-state index in [0.717, 1.165) is 58.1 Å². The number of nitrogens with one attached hydrogen (secondary N) is 1. The van der Waals surface area contributed by atoms with Crippen LogP contribution >= 0.6 is 0 Å². The predicted octanol–water partition coefficient (Wildman–Crippen LogP) is 0.672. The molecule has 1 aromatic rings. The van der Waals surface area contributed by atoms with Gasteiger partial charge in [0, 0.05) is 38.6 Å². The summed E-state index contributed by atoms with van der Waals surface area (Å²) in [5, 5.41) is 3.06. The molecule has 3 aliphatic heterocycles. The zero-order valence-electron chi connectivity index (χ0n) is 14.6. The zero-order chi connectivity index (χ0) is 17.1. The van der Waals surface area contributed by atoms with E-state index in [1.54, 1.807) is 12.4 Å². The van der Waals surface area contributed by atoms with E-state index < -0.39 is 0 Å². The fourth-order valence-corrected chi connectivity index (χ4v) is 4.19. The molecule has 136 valence electrons. The summed E-state index contributed by atoms with van der Waals surface area (Å²) >= 11 is 0. The standard InChI is InChI=1S/C18H27N5O2/c24-17(19-7-11-22-8-1-2-9-22)15-12-14-4-10-23(13-16(14)25-15)18-20-5-3-6-21-18/h3,5-6,14-16H,1-2,4,7-13H2,(H,19,24)/t14-,15+,16+/m1/s1. The van der Waals surface area contributed by atoms with E-state index in [1.807, 2.05) is 6.07 Å². The Balaban J connectivity index is 1.25. The van der Waals surface area contributed by atoms with E-state index in [1.165, 1.54) is 12.8 Å². The van der Waals surface area contributed by atoms with Crippen LogP contribution in [0, 0.1) is 5.92 Å². The van der Waals surface area contributed by atoms with Gasteiger partial charge in [0.15, 0.2) is 0 Å². The number of amides is 1. The van der Waals surface area contributed by atoms with Crippen molar-refractivity contribution in [2.24, 2.45) is 5.92 Å². The Kier molecular flexibility index (Phi) is 5.12. The smallest absolute Gasteiger partial charge is 0.249 e. The molecule has 3 saturated heterocycles. The third kappa shape index (κ3) is 3.93. The molecule has 0 bridgehead atoms. The summed E-state index contributed by atoms with van der Waals surface area (Å²) in [5.41, 5.74) is 0. The Labute approximate surface area is 148 Å². The van der Waals surface area contributed by atoms with Crippen LogP contribution in [0.4, 0.5) is 5.95 Å². The molecule has 0 saturated carbocycles. The van der Waals surface area contributed by atoms with Crippen LogP contribution in [-0.2, 0) is 9.53 Å². The van der Waals surface area contributed by atoms with Gasteiger partial charge < -0.3 is 19.9 Å². The van der Waals surface area contributed by atoms with Crippen LogP contribution in [-0.4, -0.2) is 72.3 Å². The maximum absolute atomic E-state index is 12.4. The molecule has 3 atom stereocenters. The number of nitrogens with zero attached hydrogens (tertiary/aromatic N) is 4. The maximum Gasteiger partial charge on any atom is 0.249 e. The lowest BCUT2D eigenvalue weighted by atomic mass is 9.92. The lowest BCUT2D eigenvalue weighted by Gasteiger charge is -2.33. The van der Waals surface area contributed by atoms with E-state index in [-0.39, 0.29) is 18.1 Å². The Morgan fingerprint density at radius 2 is 2.04 bits per heavy atom. The molecule has 4 rings (SSSR count). The van der Waals surface area contributed by atoms with Crippen LogP contribution in [0.3, 0.4) is 0 Å². The average molecular weight is 345 g/mol. The summed E-state index contributed by atoms with van der Waals surface area (Å²) in [7, 11) is 0. The van der Waals surface area contributed by atoms with Gasteiger partial charge in [0.25, 0.3) is 0 Å². The number of aromatic nitrogens is 2. The van der Waals surface area contributed by atoms with E-state index in [2.05, 4.69) is 25.1 Å². The van der Waals surface area contributed by atoms with Crippen LogP contribution in [0.2, 0.25) is 0 Å². The van der Waals surface area contributed by atoms with Crippen molar-refractivity contribution in [2.75, 3.05) is 44.2 Å². The molecule has 3 aliphatic rings. The highest BCUT2D eigenvalue weighted by molar-refractivity contribution is 5.81. The minimum atomic E-state index is -0.301. The molecule has 25 heavy (non-hydrogen) atoms. The van der Waals surface area contributed by atoms with Gasteiger partial charge in [-0.05, 0) is 50.8 Å². The number of piperidine rings is 1. The summed E-state index contributed by atoms with van der Waals surface area (Å²) < 4.78 is 6.08. The average Bonchev–Trinajstić information content (AvgIpc) is 3.31. The molecule has 7 nitrogen and oxygen atoms in total. The monoisotopic (exact) mass is 345 g/mol. The molecule has 3 fully saturated rings. The van der Waals surface area contributed by atoms with Gasteiger partial charge in [-0.15, -0.1) is 0 Å². The number of likely N-dealkylation sites (tertiary alicyclic amines) is 1. The van der Waals surface area contributed by atoms with Gasteiger partial charge in [-0.1, -0.05) is 0 Å². The topological polar surface area (TPSA) is 70.6 Å². The molecule has 0 radical (unpaired) electrons. The highest BCUT2D eigenvalue weighted by Crippen LogP contribution is 2.34. The molecule has 4 heterocycles. The van der Waals surface area contributed by atoms with Crippen molar-refractivity contribution in [3.63, 3.8) is 0 Å². The normalized spacial score (nSPS) is 29.6. The van der Waals surface area contributed by atoms with Crippen LogP contribution in [0.1, 0.15) is 25.7 Å². The van der Waals surface area contributed by atoms with Crippen molar-refractivity contribution in [1.29, 1.82) is 0 Å². The number of hydrogen-bond donors (Lipinski definition) is 1. The molecular formula is C18H27N5O2. The maximum atomic E-state index is 12.4. The molecule has 0 aliphatic carbocycles. The van der Waals surface area contributed by atoms with Gasteiger partial charge in [-0.2, -0.15) is 0 Å². The van der Waals surface area contributed by atoms with Crippen molar-refractivity contribution in [2.45, 2.75) is 37.9 Å². The number of fused-ring (bicyclic) bond motifs is 1. The Hall–Kier alpha value is -1.73. The molecular weight excluding hydrogens is 318 g/mol. The van der Waals surface area contributed by atoms with Crippen LogP contribution in [0.15, 0.2) is 18.5 Å². The molecule has 0 spiro atoms. The quantitative estimate of drug-likeness (QED) is 0.846. The van der Waals surface area contributed by atoms with E-state index >= 15 is 0 Å². The summed E-state index contributed by atoms with van der Waals surface area (Å²) in [6.45, 7) is 5.70. The number of anilines is 1. The van der Waals surface area contributed by atoms with Gasteiger partial charge in [0.1, 0.15) is 6.10 Å². The first kappa shape index (κ1) is 16.7. The summed E-state index contributed by atoms with van der Waals surface area (Å²) in [4.78, 5) is 25.6. The Morgan fingerprint density at radius 3 is 2.84 bits per heavy atom.